The topological polar surface area (TPSA) is 36.3 Å². The molecule has 1 aliphatic rings. The van der Waals surface area contributed by atoms with Crippen LogP contribution in [0.25, 0.3) is 6.08 Å². The van der Waals surface area contributed by atoms with E-state index in [1.54, 1.807) is 0 Å². The maximum Gasteiger partial charge on any atom is 0.188 e. The monoisotopic (exact) mass is 278 g/mol. The highest BCUT2D eigenvalue weighted by Crippen LogP contribution is 2.32. The Morgan fingerprint density at radius 2 is 2.19 bits per heavy atom. The fraction of sp³-hybridized carbons (Fsp3) is 0.250. The number of rotatable bonds is 1. The van der Waals surface area contributed by atoms with Crippen LogP contribution in [0.15, 0.2) is 28.2 Å². The van der Waals surface area contributed by atoms with Gasteiger partial charge in [0.15, 0.2) is 6.23 Å². The van der Waals surface area contributed by atoms with Crippen LogP contribution in [-0.4, -0.2) is 25.2 Å². The van der Waals surface area contributed by atoms with Gasteiger partial charge in [-0.3, -0.25) is 4.90 Å². The van der Waals surface area contributed by atoms with Crippen molar-refractivity contribution < 1.29 is 4.74 Å². The molecule has 3 nitrogen and oxygen atoms in total. The van der Waals surface area contributed by atoms with E-state index < -0.39 is 0 Å². The Balaban J connectivity index is 2.47. The van der Waals surface area contributed by atoms with Gasteiger partial charge in [0.1, 0.15) is 11.8 Å². The van der Waals surface area contributed by atoms with E-state index in [2.05, 4.69) is 22.0 Å². The van der Waals surface area contributed by atoms with Crippen molar-refractivity contribution in [1.82, 2.24) is 4.90 Å². The van der Waals surface area contributed by atoms with E-state index >= 15 is 0 Å². The van der Waals surface area contributed by atoms with Gasteiger partial charge in [-0.1, -0.05) is 15.9 Å². The molecule has 1 atom stereocenters. The fourth-order valence-corrected chi connectivity index (χ4v) is 2.01. The molecule has 4 heteroatoms. The van der Waals surface area contributed by atoms with Crippen molar-refractivity contribution in [1.29, 1.82) is 5.26 Å². The summed E-state index contributed by atoms with van der Waals surface area (Å²) in [5.41, 5.74) is 1.56. The van der Waals surface area contributed by atoms with Crippen LogP contribution in [0.2, 0.25) is 0 Å². The third-order valence-electron chi connectivity index (χ3n) is 2.39. The number of likely N-dealkylation sites (N-methyl/N-ethyl adjacent to an activating group) is 1. The fourth-order valence-electron chi connectivity index (χ4n) is 1.63. The van der Waals surface area contributed by atoms with Crippen LogP contribution >= 0.6 is 15.9 Å². The van der Waals surface area contributed by atoms with Gasteiger partial charge in [-0.2, -0.15) is 5.26 Å². The molecule has 0 fully saturated rings. The molecule has 1 unspecified atom stereocenters. The van der Waals surface area contributed by atoms with Gasteiger partial charge in [-0.25, -0.2) is 0 Å². The van der Waals surface area contributed by atoms with Crippen molar-refractivity contribution in [3.05, 3.63) is 33.8 Å². The molecule has 16 heavy (non-hydrogen) atoms. The minimum absolute atomic E-state index is 0.293. The molecule has 1 aromatic rings. The summed E-state index contributed by atoms with van der Waals surface area (Å²) < 4.78 is 6.74. The highest BCUT2D eigenvalue weighted by Gasteiger charge is 2.24. The number of ether oxygens (including phenoxy) is 1. The van der Waals surface area contributed by atoms with Crippen molar-refractivity contribution in [2.75, 3.05) is 14.1 Å². The summed E-state index contributed by atoms with van der Waals surface area (Å²) in [5, 5.41) is 9.07. The average molecular weight is 279 g/mol. The number of benzene rings is 1. The van der Waals surface area contributed by atoms with Crippen LogP contribution in [-0.2, 0) is 0 Å². The maximum atomic E-state index is 9.07. The van der Waals surface area contributed by atoms with E-state index in [1.807, 2.05) is 43.3 Å². The number of nitrogens with zero attached hydrogens (tertiary/aromatic N) is 2. The first-order valence-corrected chi connectivity index (χ1v) is 5.65. The van der Waals surface area contributed by atoms with E-state index in [0.29, 0.717) is 5.57 Å². The Labute approximate surface area is 103 Å². The molecule has 0 spiro atoms. The standard InChI is InChI=1S/C12H11BrN2O/c1-15(2)12-9(7-14)5-8-6-10(13)3-4-11(8)16-12/h3-6,12H,1-2H3. The lowest BCUT2D eigenvalue weighted by molar-refractivity contribution is 0.0981. The molecule has 0 aliphatic carbocycles. The molecule has 0 saturated heterocycles. The molecule has 0 aromatic heterocycles. The maximum absolute atomic E-state index is 9.07. The molecule has 0 N–H and O–H groups in total. The summed E-state index contributed by atoms with van der Waals surface area (Å²) in [7, 11) is 3.78. The zero-order valence-electron chi connectivity index (χ0n) is 9.07. The Morgan fingerprint density at radius 3 is 2.81 bits per heavy atom. The van der Waals surface area contributed by atoms with Crippen LogP contribution in [0.1, 0.15) is 5.56 Å². The minimum atomic E-state index is -0.293. The molecule has 0 amide bonds. The van der Waals surface area contributed by atoms with Crippen LogP contribution in [0.4, 0.5) is 0 Å². The van der Waals surface area contributed by atoms with E-state index in [4.69, 9.17) is 10.00 Å². The van der Waals surface area contributed by atoms with Gasteiger partial charge in [0, 0.05) is 10.0 Å². The minimum Gasteiger partial charge on any atom is -0.470 e. The smallest absolute Gasteiger partial charge is 0.188 e. The van der Waals surface area contributed by atoms with Gasteiger partial charge < -0.3 is 4.74 Å². The lowest BCUT2D eigenvalue weighted by Gasteiger charge is -2.28. The van der Waals surface area contributed by atoms with E-state index in [1.165, 1.54) is 0 Å². The third kappa shape index (κ3) is 1.97. The quantitative estimate of drug-likeness (QED) is 0.793. The number of nitriles is 1. The lowest BCUT2D eigenvalue weighted by Crippen LogP contribution is -2.36. The van der Waals surface area contributed by atoms with Crippen LogP contribution in [0, 0.1) is 11.3 Å². The summed E-state index contributed by atoms with van der Waals surface area (Å²) in [5.74, 6) is 0.806. The van der Waals surface area contributed by atoms with Crippen molar-refractivity contribution in [2.24, 2.45) is 0 Å². The Bertz CT molecular complexity index is 488. The lowest BCUT2D eigenvalue weighted by atomic mass is 10.1. The number of halogens is 1. The predicted molar refractivity (Wildman–Crippen MR) is 65.8 cm³/mol. The molecule has 1 aromatic carbocycles. The normalized spacial score (nSPS) is 18.4. The molecule has 0 bridgehead atoms. The first-order valence-electron chi connectivity index (χ1n) is 4.86. The summed E-state index contributed by atoms with van der Waals surface area (Å²) in [4.78, 5) is 1.88. The van der Waals surface area contributed by atoms with Gasteiger partial charge in [0.05, 0.1) is 5.57 Å². The molecular weight excluding hydrogens is 268 g/mol. The van der Waals surface area contributed by atoms with E-state index in [9.17, 15) is 0 Å². The average Bonchev–Trinajstić information content (AvgIpc) is 2.26. The zero-order chi connectivity index (χ0) is 11.7. The summed E-state index contributed by atoms with van der Waals surface area (Å²) >= 11 is 3.40. The molecule has 82 valence electrons. The van der Waals surface area contributed by atoms with Gasteiger partial charge in [0.25, 0.3) is 0 Å². The number of fused-ring (bicyclic) bond motifs is 1. The highest BCUT2D eigenvalue weighted by molar-refractivity contribution is 9.10. The molecule has 0 saturated carbocycles. The SMILES string of the molecule is CN(C)C1Oc2ccc(Br)cc2C=C1C#N. The predicted octanol–water partition coefficient (Wildman–Crippen LogP) is 2.64. The number of hydrogen-bond donors (Lipinski definition) is 0. The summed E-state index contributed by atoms with van der Waals surface area (Å²) in [6.07, 6.45) is 1.58. The second kappa shape index (κ2) is 4.28. The van der Waals surface area contributed by atoms with Crippen molar-refractivity contribution >= 4 is 22.0 Å². The van der Waals surface area contributed by atoms with Crippen LogP contribution in [0.5, 0.6) is 5.75 Å². The summed E-state index contributed by atoms with van der Waals surface area (Å²) in [6.45, 7) is 0. The van der Waals surface area contributed by atoms with Gasteiger partial charge in [0.2, 0.25) is 0 Å². The molecule has 1 heterocycles. The molecule has 2 rings (SSSR count). The second-order valence-electron chi connectivity index (χ2n) is 3.83. The highest BCUT2D eigenvalue weighted by atomic mass is 79.9. The Kier molecular flexibility index (Phi) is 2.99. The Morgan fingerprint density at radius 1 is 1.44 bits per heavy atom. The third-order valence-corrected chi connectivity index (χ3v) is 2.88. The number of hydrogen-bond acceptors (Lipinski definition) is 3. The van der Waals surface area contributed by atoms with Crippen LogP contribution in [0.3, 0.4) is 0 Å². The van der Waals surface area contributed by atoms with Crippen molar-refractivity contribution in [2.45, 2.75) is 6.23 Å². The van der Waals surface area contributed by atoms with E-state index in [0.717, 1.165) is 15.8 Å². The van der Waals surface area contributed by atoms with Crippen molar-refractivity contribution in [3.63, 3.8) is 0 Å². The van der Waals surface area contributed by atoms with Gasteiger partial charge in [-0.15, -0.1) is 0 Å². The van der Waals surface area contributed by atoms with Crippen LogP contribution < -0.4 is 4.74 Å². The Hall–Kier alpha value is -1.31. The molecular formula is C12H11BrN2O. The first kappa shape index (κ1) is 11.2. The molecule has 0 radical (unpaired) electrons. The van der Waals surface area contributed by atoms with Crippen molar-refractivity contribution in [3.8, 4) is 11.8 Å². The van der Waals surface area contributed by atoms with Gasteiger partial charge >= 0.3 is 0 Å². The zero-order valence-corrected chi connectivity index (χ0v) is 10.7. The largest absolute Gasteiger partial charge is 0.470 e. The van der Waals surface area contributed by atoms with Gasteiger partial charge in [-0.05, 0) is 38.4 Å². The first-order chi connectivity index (χ1) is 7.61. The molecule has 1 aliphatic heterocycles. The second-order valence-corrected chi connectivity index (χ2v) is 4.74. The summed E-state index contributed by atoms with van der Waals surface area (Å²) in [6, 6.07) is 7.95. The van der Waals surface area contributed by atoms with E-state index in [-0.39, 0.29) is 6.23 Å².